The maximum Gasteiger partial charge on any atom is 0.148 e. The lowest BCUT2D eigenvalue weighted by atomic mass is 9.04. The van der Waals surface area contributed by atoms with Gasteiger partial charge < -0.3 is 0 Å². The van der Waals surface area contributed by atoms with E-state index in [1.54, 1.807) is 0 Å². The number of carbonyl (C=O) groups excluding carboxylic acids is 2. The Labute approximate surface area is 167 Å². The Morgan fingerprint density at radius 3 is 2.18 bits per heavy atom. The van der Waals surface area contributed by atoms with Gasteiger partial charge in [0.15, 0.2) is 0 Å². The number of allylic oxidation sites excluding steroid dienone is 4. The van der Waals surface area contributed by atoms with Crippen LogP contribution in [0.25, 0.3) is 0 Å². The smallest absolute Gasteiger partial charge is 0.148 e. The molecule has 0 saturated heterocycles. The molecule has 9 rings (SSSR count). The van der Waals surface area contributed by atoms with Gasteiger partial charge in [0.2, 0.25) is 0 Å². The lowest BCUT2D eigenvalue weighted by Gasteiger charge is -2.95. The fraction of sp³-hybridized carbons (Fsp3) is 0.538. The molecule has 0 aliphatic heterocycles. The maximum atomic E-state index is 14.3. The van der Waals surface area contributed by atoms with Gasteiger partial charge in [-0.15, -0.1) is 0 Å². The molecule has 7 fully saturated rings. The topological polar surface area (TPSA) is 34.1 Å². The Morgan fingerprint density at radius 2 is 1.54 bits per heavy atom. The first-order valence-corrected chi connectivity index (χ1v) is 10.5. The number of hydrogen-bond donors (Lipinski definition) is 0. The molecule has 8 aliphatic rings. The molecule has 6 bridgehead atoms. The van der Waals surface area contributed by atoms with Gasteiger partial charge in [-0.2, -0.15) is 0 Å². The molecule has 0 N–H and O–H groups in total. The number of carbonyl (C=O) groups is 2. The molecule has 0 aromatic heterocycles. The summed E-state index contributed by atoms with van der Waals surface area (Å²) in [7, 11) is 0. The third kappa shape index (κ3) is 1.04. The van der Waals surface area contributed by atoms with E-state index in [2.05, 4.69) is 84.0 Å². The van der Waals surface area contributed by atoms with Crippen LogP contribution in [0.15, 0.2) is 48.1 Å². The zero-order chi connectivity index (χ0) is 20.1. The van der Waals surface area contributed by atoms with Gasteiger partial charge in [-0.05, 0) is 25.8 Å². The van der Waals surface area contributed by atoms with E-state index in [1.165, 1.54) is 16.7 Å². The van der Waals surface area contributed by atoms with Crippen molar-refractivity contribution >= 4 is 11.6 Å². The molecule has 1 spiro atoms. The summed E-state index contributed by atoms with van der Waals surface area (Å²) in [5, 5.41) is 0. The van der Waals surface area contributed by atoms with Crippen LogP contribution in [0.5, 0.6) is 0 Å². The van der Waals surface area contributed by atoms with Crippen molar-refractivity contribution < 1.29 is 9.59 Å². The predicted octanol–water partition coefficient (Wildman–Crippen LogP) is 4.96. The molecule has 28 heavy (non-hydrogen) atoms. The summed E-state index contributed by atoms with van der Waals surface area (Å²) in [6, 6.07) is 8.78. The average Bonchev–Trinajstić information content (AvgIpc) is 2.67. The fourth-order valence-electron chi connectivity index (χ4n) is 9.30. The Kier molecular flexibility index (Phi) is 2.43. The molecular weight excluding hydrogens is 344 g/mol. The highest BCUT2D eigenvalue weighted by atomic mass is 16.2. The summed E-state index contributed by atoms with van der Waals surface area (Å²) >= 11 is 0. The highest BCUT2D eigenvalue weighted by Crippen LogP contribution is 2.98. The van der Waals surface area contributed by atoms with E-state index in [4.69, 9.17) is 0 Å². The highest BCUT2D eigenvalue weighted by Gasteiger charge is 3.03. The Bertz CT molecular complexity index is 1080. The molecule has 2 nitrogen and oxygen atoms in total. The van der Waals surface area contributed by atoms with Crippen molar-refractivity contribution in [1.82, 2.24) is 0 Å². The van der Waals surface area contributed by atoms with Crippen LogP contribution in [0.3, 0.4) is 0 Å². The van der Waals surface area contributed by atoms with Crippen LogP contribution in [-0.4, -0.2) is 11.6 Å². The van der Waals surface area contributed by atoms with E-state index in [0.29, 0.717) is 11.6 Å². The molecule has 1 unspecified atom stereocenters. The average molecular weight is 373 g/mol. The molecule has 7 saturated carbocycles. The van der Waals surface area contributed by atoms with Crippen molar-refractivity contribution in [3.63, 3.8) is 0 Å². The van der Waals surface area contributed by atoms with E-state index in [0.717, 1.165) is 6.42 Å². The lowest BCUT2D eigenvalue weighted by molar-refractivity contribution is -0.372. The van der Waals surface area contributed by atoms with E-state index in [-0.39, 0.29) is 16.7 Å². The van der Waals surface area contributed by atoms with E-state index in [9.17, 15) is 9.59 Å². The Hall–Kier alpha value is -1.96. The first-order chi connectivity index (χ1) is 13.0. The van der Waals surface area contributed by atoms with Gasteiger partial charge in [0.05, 0.1) is 5.41 Å². The van der Waals surface area contributed by atoms with Gasteiger partial charge in [-0.1, -0.05) is 81.3 Å². The normalized spacial score (nSPS) is 54.6. The molecule has 7 atom stereocenters. The van der Waals surface area contributed by atoms with Crippen molar-refractivity contribution in [1.29, 1.82) is 0 Å². The molecule has 1 aromatic rings. The molecule has 1 aromatic carbocycles. The summed E-state index contributed by atoms with van der Waals surface area (Å²) < 4.78 is 0. The number of benzene rings is 1. The summed E-state index contributed by atoms with van der Waals surface area (Å²) in [5.41, 5.74) is 0.643. The first-order valence-electron chi connectivity index (χ1n) is 10.5. The second-order valence-corrected chi connectivity index (χ2v) is 11.0. The van der Waals surface area contributed by atoms with Crippen LogP contribution in [0.1, 0.15) is 52.2 Å². The zero-order valence-corrected chi connectivity index (χ0v) is 17.6. The second-order valence-electron chi connectivity index (χ2n) is 11.0. The number of hydrogen-bond acceptors (Lipinski definition) is 2. The van der Waals surface area contributed by atoms with Gasteiger partial charge >= 0.3 is 0 Å². The predicted molar refractivity (Wildman–Crippen MR) is 109 cm³/mol. The molecule has 0 radical (unpaired) electrons. The number of ketones is 2. The minimum atomic E-state index is -0.640. The van der Waals surface area contributed by atoms with Gasteiger partial charge in [0.1, 0.15) is 11.6 Å². The van der Waals surface area contributed by atoms with Crippen LogP contribution < -0.4 is 0 Å². The van der Waals surface area contributed by atoms with Crippen LogP contribution in [-0.2, 0) is 15.0 Å². The van der Waals surface area contributed by atoms with E-state index >= 15 is 0 Å². The van der Waals surface area contributed by atoms with Crippen molar-refractivity contribution in [2.45, 2.75) is 53.4 Å². The number of rotatable bonds is 1. The van der Waals surface area contributed by atoms with Crippen LogP contribution in [0, 0.1) is 39.9 Å². The number of Topliss-reactive ketones (excluding diaryl/α,β-unsaturated/α-hetero) is 2. The highest BCUT2D eigenvalue weighted by molar-refractivity contribution is 6.17. The van der Waals surface area contributed by atoms with Crippen molar-refractivity contribution in [3.8, 4) is 0 Å². The van der Waals surface area contributed by atoms with Crippen molar-refractivity contribution in [3.05, 3.63) is 59.2 Å². The largest absolute Gasteiger partial charge is 0.298 e. The summed E-state index contributed by atoms with van der Waals surface area (Å²) in [6.07, 6.45) is 7.62. The third-order valence-electron chi connectivity index (χ3n) is 10.7. The molecular formula is C26H28O2. The van der Waals surface area contributed by atoms with Crippen LogP contribution in [0.2, 0.25) is 0 Å². The van der Waals surface area contributed by atoms with E-state index in [1.807, 2.05) is 0 Å². The second kappa shape index (κ2) is 4.01. The summed E-state index contributed by atoms with van der Waals surface area (Å²) in [5.74, 6) is 0.751. The van der Waals surface area contributed by atoms with Gasteiger partial charge in [0, 0.05) is 33.0 Å². The van der Waals surface area contributed by atoms with Crippen molar-refractivity contribution in [2.75, 3.05) is 0 Å². The molecule has 144 valence electrons. The standard InChI is InChI=1S/C26H28O2/c1-15-7-9-17(10-8-15)26-14-21(3)19(27)24(6)22(4,20(28)23(21,26)5)18-13-16(2)11-12-25(18,24)26/h7-13,18H,14H2,1-6H3/t18?,21-,22-,23+,24+,25-,26-/m1/s1. The summed E-state index contributed by atoms with van der Waals surface area (Å²) in [4.78, 5) is 28.3. The SMILES string of the molecule is CC1=CC2[C@]3(C=C1)[C@@]1(C)C(=O)[C@@]4(C)C[C@@]3(c3ccc(C)cc3)[C@@]4(C)C(=O)[C@@]21C. The minimum absolute atomic E-state index is 0.102. The third-order valence-corrected chi connectivity index (χ3v) is 10.7. The Balaban J connectivity index is 1.77. The molecule has 2 heteroatoms. The van der Waals surface area contributed by atoms with E-state index < -0.39 is 21.7 Å². The quantitative estimate of drug-likeness (QED) is 0.698. The fourth-order valence-corrected chi connectivity index (χ4v) is 9.30. The van der Waals surface area contributed by atoms with Crippen molar-refractivity contribution in [2.24, 2.45) is 33.0 Å². The maximum absolute atomic E-state index is 14.3. The first kappa shape index (κ1) is 16.9. The van der Waals surface area contributed by atoms with Gasteiger partial charge in [-0.25, -0.2) is 0 Å². The van der Waals surface area contributed by atoms with Crippen LogP contribution >= 0.6 is 0 Å². The Morgan fingerprint density at radius 1 is 0.893 bits per heavy atom. The minimum Gasteiger partial charge on any atom is -0.298 e. The molecule has 8 aliphatic carbocycles. The molecule has 0 heterocycles. The monoisotopic (exact) mass is 372 g/mol. The molecule has 0 amide bonds. The number of aryl methyl sites for hydroxylation is 1. The zero-order valence-electron chi connectivity index (χ0n) is 17.6. The summed E-state index contributed by atoms with van der Waals surface area (Å²) in [6.45, 7) is 12.6. The van der Waals surface area contributed by atoms with Gasteiger partial charge in [0.25, 0.3) is 0 Å². The van der Waals surface area contributed by atoms with Crippen LogP contribution in [0.4, 0.5) is 0 Å². The lowest BCUT2D eigenvalue weighted by Crippen LogP contribution is -3.00. The van der Waals surface area contributed by atoms with Gasteiger partial charge in [-0.3, -0.25) is 9.59 Å².